The zero-order valence-electron chi connectivity index (χ0n) is 16.9. The van der Waals surface area contributed by atoms with Crippen LogP contribution in [0, 0.1) is 28.7 Å². The number of nitro benzene ring substituents is 1. The lowest BCUT2D eigenvalue weighted by atomic mass is 10.2. The van der Waals surface area contributed by atoms with Crippen LogP contribution < -0.4 is 5.32 Å². The molecule has 0 aliphatic rings. The molecule has 4 rings (SSSR count). The van der Waals surface area contributed by atoms with Crippen molar-refractivity contribution in [2.24, 2.45) is 0 Å². The summed E-state index contributed by atoms with van der Waals surface area (Å²) in [6, 6.07) is 9.95. The maximum absolute atomic E-state index is 13.2. The van der Waals surface area contributed by atoms with Crippen LogP contribution in [0.15, 0.2) is 48.5 Å². The normalized spacial score (nSPS) is 10.9. The van der Waals surface area contributed by atoms with Crippen molar-refractivity contribution in [3.05, 3.63) is 80.9 Å². The number of hydrogen-bond donors (Lipinski definition) is 1. The first kappa shape index (κ1) is 22.0. The molecular weight excluding hydrogens is 458 g/mol. The average molecular weight is 472 g/mol. The smallest absolute Gasteiger partial charge is 0.348 e. The number of carbonyl (C=O) groups excluding carboxylic acids is 2. The minimum atomic E-state index is -0.839. The van der Waals surface area contributed by atoms with Gasteiger partial charge < -0.3 is 10.1 Å². The van der Waals surface area contributed by atoms with Gasteiger partial charge in [0.2, 0.25) is 0 Å². The van der Waals surface area contributed by atoms with Crippen molar-refractivity contribution in [1.82, 2.24) is 9.78 Å². The molecule has 1 amide bonds. The summed E-state index contributed by atoms with van der Waals surface area (Å²) < 4.78 is 33.0. The highest BCUT2D eigenvalue weighted by Gasteiger charge is 2.21. The van der Waals surface area contributed by atoms with Gasteiger partial charge in [-0.25, -0.2) is 18.3 Å². The van der Waals surface area contributed by atoms with E-state index < -0.39 is 40.7 Å². The standard InChI is InChI=1S/C21H14F2N4O5S/c1-11-15-9-18(33-20(15)26(25-11)14-5-2-12(22)3-6-14)21(29)32-10-19(28)24-16-7-4-13(23)8-17(16)27(30)31/h2-9H,10H2,1H3,(H,24,28). The second-order valence-corrected chi connectivity index (χ2v) is 7.88. The number of ether oxygens (including phenoxy) is 1. The van der Waals surface area contributed by atoms with Crippen molar-refractivity contribution >= 4 is 44.8 Å². The van der Waals surface area contributed by atoms with Crippen molar-refractivity contribution in [1.29, 1.82) is 0 Å². The second kappa shape index (κ2) is 8.74. The fourth-order valence-electron chi connectivity index (χ4n) is 3.06. The molecule has 0 saturated carbocycles. The fourth-order valence-corrected chi connectivity index (χ4v) is 4.13. The number of rotatable bonds is 6. The van der Waals surface area contributed by atoms with Crippen molar-refractivity contribution in [3.63, 3.8) is 0 Å². The van der Waals surface area contributed by atoms with E-state index in [4.69, 9.17) is 4.74 Å². The number of aromatic nitrogens is 2. The summed E-state index contributed by atoms with van der Waals surface area (Å²) in [5, 5.41) is 18.3. The number of nitrogens with zero attached hydrogens (tertiary/aromatic N) is 3. The monoisotopic (exact) mass is 472 g/mol. The summed E-state index contributed by atoms with van der Waals surface area (Å²) in [6.45, 7) is 1.05. The van der Waals surface area contributed by atoms with Crippen molar-refractivity contribution in [3.8, 4) is 5.69 Å². The summed E-state index contributed by atoms with van der Waals surface area (Å²) in [7, 11) is 0. The number of amides is 1. The van der Waals surface area contributed by atoms with E-state index in [0.29, 0.717) is 27.7 Å². The van der Waals surface area contributed by atoms with Gasteiger partial charge in [0.25, 0.3) is 11.6 Å². The molecule has 33 heavy (non-hydrogen) atoms. The Morgan fingerprint density at radius 1 is 1.15 bits per heavy atom. The Morgan fingerprint density at radius 2 is 1.85 bits per heavy atom. The van der Waals surface area contributed by atoms with Gasteiger partial charge in [-0.3, -0.25) is 14.9 Å². The third kappa shape index (κ3) is 4.55. The number of fused-ring (bicyclic) bond motifs is 1. The molecule has 0 fully saturated rings. The zero-order chi connectivity index (χ0) is 23.7. The maximum atomic E-state index is 13.2. The summed E-state index contributed by atoms with van der Waals surface area (Å²) in [5.74, 6) is -2.82. The van der Waals surface area contributed by atoms with Gasteiger partial charge in [0.05, 0.1) is 22.4 Å². The number of halogens is 2. The number of nitro groups is 1. The number of benzene rings is 2. The molecule has 2 aromatic carbocycles. The Hall–Kier alpha value is -4.19. The molecule has 0 aliphatic carbocycles. The van der Waals surface area contributed by atoms with Gasteiger partial charge in [-0.1, -0.05) is 0 Å². The van der Waals surface area contributed by atoms with Crippen LogP contribution in [-0.4, -0.2) is 33.2 Å². The number of esters is 1. The molecule has 9 nitrogen and oxygen atoms in total. The van der Waals surface area contributed by atoms with Crippen molar-refractivity contribution in [2.45, 2.75) is 6.92 Å². The first-order chi connectivity index (χ1) is 15.7. The molecule has 2 aromatic heterocycles. The van der Waals surface area contributed by atoms with Crippen LogP contribution in [0.25, 0.3) is 15.9 Å². The summed E-state index contributed by atoms with van der Waals surface area (Å²) in [5.41, 5.74) is 0.404. The van der Waals surface area contributed by atoms with Crippen molar-refractivity contribution in [2.75, 3.05) is 11.9 Å². The molecule has 0 aliphatic heterocycles. The van der Waals surface area contributed by atoms with Gasteiger partial charge in [0, 0.05) is 5.39 Å². The van der Waals surface area contributed by atoms with E-state index in [1.165, 1.54) is 12.1 Å². The second-order valence-electron chi connectivity index (χ2n) is 6.85. The highest BCUT2D eigenvalue weighted by atomic mass is 32.1. The quantitative estimate of drug-likeness (QED) is 0.253. The summed E-state index contributed by atoms with van der Waals surface area (Å²) in [6.07, 6.45) is 0. The Balaban J connectivity index is 1.47. The lowest BCUT2D eigenvalue weighted by molar-refractivity contribution is -0.384. The van der Waals surface area contributed by atoms with E-state index in [9.17, 15) is 28.5 Å². The minimum absolute atomic E-state index is 0.210. The first-order valence-corrected chi connectivity index (χ1v) is 10.2. The molecule has 0 atom stereocenters. The summed E-state index contributed by atoms with van der Waals surface area (Å²) in [4.78, 5) is 35.6. The molecule has 2 heterocycles. The van der Waals surface area contributed by atoms with Gasteiger partial charge in [-0.2, -0.15) is 5.10 Å². The van der Waals surface area contributed by atoms with Crippen LogP contribution in [0.2, 0.25) is 0 Å². The van der Waals surface area contributed by atoms with Crippen LogP contribution in [0.1, 0.15) is 15.4 Å². The summed E-state index contributed by atoms with van der Waals surface area (Å²) >= 11 is 1.08. The number of anilines is 1. The molecule has 0 unspecified atom stereocenters. The highest BCUT2D eigenvalue weighted by molar-refractivity contribution is 7.20. The molecule has 12 heteroatoms. The maximum Gasteiger partial charge on any atom is 0.348 e. The van der Waals surface area contributed by atoms with Crippen LogP contribution in [-0.2, 0) is 9.53 Å². The van der Waals surface area contributed by atoms with Crippen LogP contribution in [0.3, 0.4) is 0 Å². The van der Waals surface area contributed by atoms with E-state index >= 15 is 0 Å². The van der Waals surface area contributed by atoms with Crippen molar-refractivity contribution < 1.29 is 28.0 Å². The molecule has 0 bridgehead atoms. The van der Waals surface area contributed by atoms with Gasteiger partial charge in [-0.05, 0) is 49.4 Å². The molecule has 1 N–H and O–H groups in total. The average Bonchev–Trinajstić information content (AvgIpc) is 3.34. The lowest BCUT2D eigenvalue weighted by Gasteiger charge is -2.06. The molecule has 4 aromatic rings. The third-order valence-electron chi connectivity index (χ3n) is 4.58. The van der Waals surface area contributed by atoms with E-state index in [0.717, 1.165) is 23.5 Å². The van der Waals surface area contributed by atoms with Crippen LogP contribution >= 0.6 is 11.3 Å². The van der Waals surface area contributed by atoms with Gasteiger partial charge in [-0.15, -0.1) is 11.3 Å². The SMILES string of the molecule is Cc1nn(-c2ccc(F)cc2)c2sc(C(=O)OCC(=O)Nc3ccc(F)cc3[N+](=O)[O-])cc12. The molecule has 0 radical (unpaired) electrons. The number of thiophene rings is 1. The first-order valence-electron chi connectivity index (χ1n) is 9.39. The van der Waals surface area contributed by atoms with E-state index in [2.05, 4.69) is 10.4 Å². The Morgan fingerprint density at radius 3 is 2.55 bits per heavy atom. The molecule has 168 valence electrons. The predicted molar refractivity (Wildman–Crippen MR) is 116 cm³/mol. The van der Waals surface area contributed by atoms with Gasteiger partial charge in [0.15, 0.2) is 6.61 Å². The Kier molecular flexibility index (Phi) is 5.84. The topological polar surface area (TPSA) is 116 Å². The third-order valence-corrected chi connectivity index (χ3v) is 5.67. The van der Waals surface area contributed by atoms with E-state index in [1.807, 2.05) is 0 Å². The van der Waals surface area contributed by atoms with Crippen LogP contribution in [0.5, 0.6) is 0 Å². The largest absolute Gasteiger partial charge is 0.451 e. The molecule has 0 saturated heterocycles. The van der Waals surface area contributed by atoms with Gasteiger partial charge >= 0.3 is 5.97 Å². The van der Waals surface area contributed by atoms with Crippen LogP contribution in [0.4, 0.5) is 20.2 Å². The lowest BCUT2D eigenvalue weighted by Crippen LogP contribution is -2.21. The Bertz CT molecular complexity index is 1400. The molecular formula is C21H14F2N4O5S. The fraction of sp³-hybridized carbons (Fsp3) is 0.0952. The highest BCUT2D eigenvalue weighted by Crippen LogP contribution is 2.31. The zero-order valence-corrected chi connectivity index (χ0v) is 17.7. The van der Waals surface area contributed by atoms with Gasteiger partial charge in [0.1, 0.15) is 27.0 Å². The number of carbonyl (C=O) groups is 2. The molecule has 0 spiro atoms. The minimum Gasteiger partial charge on any atom is -0.451 e. The number of aryl methyl sites for hydroxylation is 1. The predicted octanol–water partition coefficient (Wildman–Crippen LogP) is 4.38. The number of hydrogen-bond acceptors (Lipinski definition) is 7. The van der Waals surface area contributed by atoms with E-state index in [1.54, 1.807) is 29.8 Å². The Labute approximate surface area is 188 Å². The number of nitrogens with one attached hydrogen (secondary N) is 1. The van der Waals surface area contributed by atoms with E-state index in [-0.39, 0.29) is 10.6 Å².